The van der Waals surface area contributed by atoms with Gasteiger partial charge in [-0.1, -0.05) is 66.4 Å². The summed E-state index contributed by atoms with van der Waals surface area (Å²) in [6.45, 7) is 0.711. The van der Waals surface area contributed by atoms with Crippen LogP contribution in [0.2, 0.25) is 0 Å². The minimum absolute atomic E-state index is 0.0255. The fourth-order valence-electron chi connectivity index (χ4n) is 3.86. The predicted octanol–water partition coefficient (Wildman–Crippen LogP) is 4.78. The zero-order valence-corrected chi connectivity index (χ0v) is 20.0. The molecule has 0 atom stereocenters. The van der Waals surface area contributed by atoms with Crippen molar-refractivity contribution in [2.24, 2.45) is 0 Å². The number of para-hydroxylation sites is 1. The van der Waals surface area contributed by atoms with Crippen LogP contribution < -0.4 is 14.8 Å². The molecule has 0 fully saturated rings. The minimum atomic E-state index is 0.0255. The zero-order chi connectivity index (χ0) is 23.9. The highest BCUT2D eigenvalue weighted by Crippen LogP contribution is 2.32. The van der Waals surface area contributed by atoms with E-state index in [1.165, 1.54) is 5.56 Å². The van der Waals surface area contributed by atoms with Gasteiger partial charge in [-0.05, 0) is 41.8 Å². The molecule has 0 unspecified atom stereocenters. The first-order valence-corrected chi connectivity index (χ1v) is 12.6. The molecule has 3 aromatic carbocycles. The standard InChI is InChI=1S/C27H26N4O3S/c32-26(28-18-21-13-14-23-24(16-21)34-19-33-23)12-7-15-35-27-30-29-25(17-20-8-3-1-4-9-20)31(27)22-10-5-2-6-11-22/h1-6,8-11,13-14,16H,7,12,15,17-19H2,(H,28,32). The molecule has 1 aromatic heterocycles. The van der Waals surface area contributed by atoms with Crippen molar-refractivity contribution in [3.63, 3.8) is 0 Å². The van der Waals surface area contributed by atoms with Crippen molar-refractivity contribution in [3.05, 3.63) is 95.8 Å². The van der Waals surface area contributed by atoms with Gasteiger partial charge in [0.25, 0.3) is 0 Å². The molecule has 1 aliphatic heterocycles. The second kappa shape index (κ2) is 11.1. The van der Waals surface area contributed by atoms with E-state index in [4.69, 9.17) is 9.47 Å². The van der Waals surface area contributed by atoms with E-state index in [1.54, 1.807) is 11.8 Å². The summed E-state index contributed by atoms with van der Waals surface area (Å²) >= 11 is 1.62. The summed E-state index contributed by atoms with van der Waals surface area (Å²) < 4.78 is 12.8. The molecule has 35 heavy (non-hydrogen) atoms. The maximum absolute atomic E-state index is 12.3. The lowest BCUT2D eigenvalue weighted by molar-refractivity contribution is -0.121. The average Bonchev–Trinajstić information content (AvgIpc) is 3.53. The van der Waals surface area contributed by atoms with E-state index >= 15 is 0 Å². The van der Waals surface area contributed by atoms with Gasteiger partial charge in [-0.2, -0.15) is 0 Å². The molecule has 0 saturated carbocycles. The molecule has 8 heteroatoms. The number of fused-ring (bicyclic) bond motifs is 1. The highest BCUT2D eigenvalue weighted by molar-refractivity contribution is 7.99. The van der Waals surface area contributed by atoms with Gasteiger partial charge in [0.1, 0.15) is 5.82 Å². The number of aromatic nitrogens is 3. The van der Waals surface area contributed by atoms with Crippen molar-refractivity contribution < 1.29 is 14.3 Å². The SMILES string of the molecule is O=C(CCCSc1nnc(Cc2ccccc2)n1-c1ccccc1)NCc1ccc2c(c1)OCO2. The van der Waals surface area contributed by atoms with Gasteiger partial charge in [-0.25, -0.2) is 0 Å². The molecule has 178 valence electrons. The van der Waals surface area contributed by atoms with Crippen LogP contribution in [0, 0.1) is 0 Å². The third-order valence-electron chi connectivity index (χ3n) is 5.63. The third-order valence-corrected chi connectivity index (χ3v) is 6.64. The van der Waals surface area contributed by atoms with Crippen molar-refractivity contribution in [1.82, 2.24) is 20.1 Å². The highest BCUT2D eigenvalue weighted by Gasteiger charge is 2.16. The number of amides is 1. The van der Waals surface area contributed by atoms with E-state index in [0.29, 0.717) is 19.4 Å². The lowest BCUT2D eigenvalue weighted by Gasteiger charge is -2.10. The highest BCUT2D eigenvalue weighted by atomic mass is 32.2. The van der Waals surface area contributed by atoms with E-state index in [1.807, 2.05) is 54.6 Å². The summed E-state index contributed by atoms with van der Waals surface area (Å²) in [5.74, 6) is 3.16. The van der Waals surface area contributed by atoms with E-state index in [9.17, 15) is 4.79 Å². The second-order valence-electron chi connectivity index (χ2n) is 8.15. The number of nitrogens with zero attached hydrogens (tertiary/aromatic N) is 3. The smallest absolute Gasteiger partial charge is 0.231 e. The van der Waals surface area contributed by atoms with Crippen LogP contribution in [0.4, 0.5) is 0 Å². The molecule has 1 aliphatic rings. The van der Waals surface area contributed by atoms with E-state index in [-0.39, 0.29) is 12.7 Å². The quantitative estimate of drug-likeness (QED) is 0.257. The van der Waals surface area contributed by atoms with Gasteiger partial charge < -0.3 is 14.8 Å². The molecule has 0 radical (unpaired) electrons. The van der Waals surface area contributed by atoms with Crippen molar-refractivity contribution in [3.8, 4) is 17.2 Å². The van der Waals surface area contributed by atoms with E-state index in [2.05, 4.69) is 44.3 Å². The number of benzene rings is 3. The van der Waals surface area contributed by atoms with Crippen molar-refractivity contribution in [1.29, 1.82) is 0 Å². The lowest BCUT2D eigenvalue weighted by Crippen LogP contribution is -2.22. The van der Waals surface area contributed by atoms with Crippen molar-refractivity contribution in [2.75, 3.05) is 12.5 Å². The summed E-state index contributed by atoms with van der Waals surface area (Å²) in [6, 6.07) is 26.1. The molecule has 1 N–H and O–H groups in total. The second-order valence-corrected chi connectivity index (χ2v) is 9.21. The Morgan fingerprint density at radius 2 is 1.69 bits per heavy atom. The minimum Gasteiger partial charge on any atom is -0.454 e. The Labute approximate surface area is 208 Å². The maximum Gasteiger partial charge on any atom is 0.231 e. The van der Waals surface area contributed by atoms with Crippen LogP contribution in [0.25, 0.3) is 5.69 Å². The molecule has 1 amide bonds. The van der Waals surface area contributed by atoms with Crippen LogP contribution in [-0.4, -0.2) is 33.2 Å². The van der Waals surface area contributed by atoms with Gasteiger partial charge in [0.05, 0.1) is 0 Å². The Morgan fingerprint density at radius 1 is 0.914 bits per heavy atom. The van der Waals surface area contributed by atoms with Gasteiger partial charge in [-0.3, -0.25) is 9.36 Å². The molecular weight excluding hydrogens is 460 g/mol. The molecule has 2 heterocycles. The molecule has 0 bridgehead atoms. The lowest BCUT2D eigenvalue weighted by atomic mass is 10.1. The van der Waals surface area contributed by atoms with Crippen molar-refractivity contribution >= 4 is 17.7 Å². The Morgan fingerprint density at radius 3 is 2.51 bits per heavy atom. The van der Waals surface area contributed by atoms with Gasteiger partial charge in [0.2, 0.25) is 12.7 Å². The van der Waals surface area contributed by atoms with Crippen LogP contribution in [0.1, 0.15) is 29.8 Å². The number of carbonyl (C=O) groups excluding carboxylic acids is 1. The maximum atomic E-state index is 12.3. The van der Waals surface area contributed by atoms with Crippen LogP contribution in [0.15, 0.2) is 84.0 Å². The Hall–Kier alpha value is -3.78. The number of nitrogens with one attached hydrogen (secondary N) is 1. The normalized spacial score (nSPS) is 12.0. The Kier molecular flexibility index (Phi) is 7.29. The fourth-order valence-corrected chi connectivity index (χ4v) is 4.77. The van der Waals surface area contributed by atoms with Crippen LogP contribution in [0.3, 0.4) is 0 Å². The first kappa shape index (κ1) is 23.0. The Balaban J connectivity index is 1.15. The number of carbonyl (C=O) groups is 1. The topological polar surface area (TPSA) is 78.3 Å². The average molecular weight is 487 g/mol. The predicted molar refractivity (Wildman–Crippen MR) is 135 cm³/mol. The van der Waals surface area contributed by atoms with Gasteiger partial charge in [-0.15, -0.1) is 10.2 Å². The van der Waals surface area contributed by atoms with Gasteiger partial charge in [0, 0.05) is 30.8 Å². The molecular formula is C27H26N4O3S. The van der Waals surface area contributed by atoms with Crippen LogP contribution in [-0.2, 0) is 17.8 Å². The van der Waals surface area contributed by atoms with Crippen LogP contribution >= 0.6 is 11.8 Å². The van der Waals surface area contributed by atoms with E-state index < -0.39 is 0 Å². The summed E-state index contributed by atoms with van der Waals surface area (Å²) in [5.41, 5.74) is 3.21. The van der Waals surface area contributed by atoms with Gasteiger partial charge in [0.15, 0.2) is 16.7 Å². The Bertz CT molecular complexity index is 1280. The molecule has 0 saturated heterocycles. The molecule has 0 aliphatic carbocycles. The molecule has 7 nitrogen and oxygen atoms in total. The number of ether oxygens (including phenoxy) is 2. The summed E-state index contributed by atoms with van der Waals surface area (Å²) in [5, 5.41) is 12.8. The van der Waals surface area contributed by atoms with Crippen molar-refractivity contribution in [2.45, 2.75) is 31.0 Å². The molecule has 0 spiro atoms. The molecule has 4 aromatic rings. The first-order valence-electron chi connectivity index (χ1n) is 11.6. The fraction of sp³-hybridized carbons (Fsp3) is 0.222. The number of hydrogen-bond donors (Lipinski definition) is 1. The summed E-state index contributed by atoms with van der Waals surface area (Å²) in [4.78, 5) is 12.3. The molecule has 5 rings (SSSR count). The first-order chi connectivity index (χ1) is 17.3. The van der Waals surface area contributed by atoms with E-state index in [0.717, 1.165) is 45.9 Å². The number of rotatable bonds is 10. The number of hydrogen-bond acceptors (Lipinski definition) is 6. The third kappa shape index (κ3) is 5.84. The monoisotopic (exact) mass is 486 g/mol. The summed E-state index contributed by atoms with van der Waals surface area (Å²) in [7, 11) is 0. The van der Waals surface area contributed by atoms with Gasteiger partial charge >= 0.3 is 0 Å². The summed E-state index contributed by atoms with van der Waals surface area (Å²) in [6.07, 6.45) is 1.90. The largest absolute Gasteiger partial charge is 0.454 e. The zero-order valence-electron chi connectivity index (χ0n) is 19.2. The van der Waals surface area contributed by atoms with Crippen LogP contribution in [0.5, 0.6) is 11.5 Å². The number of thioether (sulfide) groups is 1.